The Hall–Kier alpha value is -0.940. The summed E-state index contributed by atoms with van der Waals surface area (Å²) < 4.78 is 5.19. The van der Waals surface area contributed by atoms with Crippen molar-refractivity contribution in [3.63, 3.8) is 0 Å². The maximum Gasteiger partial charge on any atom is 0.240 e. The Morgan fingerprint density at radius 1 is 1.38 bits per heavy atom. The highest BCUT2D eigenvalue weighted by molar-refractivity contribution is 4.99. The summed E-state index contributed by atoms with van der Waals surface area (Å²) in [5, 5.41) is 12.8. The maximum absolute atomic E-state index is 8.87. The van der Waals surface area contributed by atoms with E-state index >= 15 is 0 Å². The molecule has 92 valence electrons. The predicted molar refractivity (Wildman–Crippen MR) is 61.0 cm³/mol. The molecule has 0 aromatic carbocycles. The summed E-state index contributed by atoms with van der Waals surface area (Å²) in [6.07, 6.45) is 0. The van der Waals surface area contributed by atoms with Crippen LogP contribution < -0.4 is 0 Å². The molecule has 5 nitrogen and oxygen atoms in total. The monoisotopic (exact) mass is 227 g/mol. The molecule has 1 rings (SSSR count). The lowest BCUT2D eigenvalue weighted by Gasteiger charge is -2.16. The fraction of sp³-hybridized carbons (Fsp3) is 0.818. The van der Waals surface area contributed by atoms with Gasteiger partial charge in [0.25, 0.3) is 0 Å². The Kier molecular flexibility index (Phi) is 4.44. The molecule has 0 atom stereocenters. The zero-order valence-electron chi connectivity index (χ0n) is 10.5. The minimum Gasteiger partial charge on any atom is -0.395 e. The number of aliphatic hydroxyl groups excluding tert-OH is 1. The first-order valence-corrected chi connectivity index (χ1v) is 5.63. The highest BCUT2D eigenvalue weighted by Crippen LogP contribution is 2.18. The molecule has 0 aliphatic heterocycles. The first-order chi connectivity index (χ1) is 7.47. The third-order valence-corrected chi connectivity index (χ3v) is 2.36. The number of rotatable bonds is 5. The van der Waals surface area contributed by atoms with Crippen LogP contribution in [0.3, 0.4) is 0 Å². The Balaban J connectivity index is 2.64. The molecule has 0 radical (unpaired) electrons. The molecule has 0 bridgehead atoms. The van der Waals surface area contributed by atoms with Gasteiger partial charge in [0.05, 0.1) is 13.2 Å². The lowest BCUT2D eigenvalue weighted by Crippen LogP contribution is -2.26. The van der Waals surface area contributed by atoms with Crippen molar-refractivity contribution >= 4 is 0 Å². The molecule has 0 aliphatic carbocycles. The topological polar surface area (TPSA) is 62.4 Å². The number of nitrogens with zero attached hydrogens (tertiary/aromatic N) is 3. The van der Waals surface area contributed by atoms with E-state index in [0.717, 1.165) is 12.4 Å². The van der Waals surface area contributed by atoms with Crippen LogP contribution in [-0.4, -0.2) is 39.8 Å². The van der Waals surface area contributed by atoms with Crippen molar-refractivity contribution in [2.75, 3.05) is 19.7 Å². The molecular formula is C11H21N3O2. The predicted octanol–water partition coefficient (Wildman–Crippen LogP) is 1.18. The van der Waals surface area contributed by atoms with Crippen LogP contribution in [0.2, 0.25) is 0 Å². The maximum atomic E-state index is 8.87. The summed E-state index contributed by atoms with van der Waals surface area (Å²) >= 11 is 0. The largest absolute Gasteiger partial charge is 0.395 e. The molecule has 0 saturated heterocycles. The van der Waals surface area contributed by atoms with Crippen LogP contribution in [0, 0.1) is 0 Å². The smallest absolute Gasteiger partial charge is 0.240 e. The van der Waals surface area contributed by atoms with Crippen LogP contribution in [0.4, 0.5) is 0 Å². The van der Waals surface area contributed by atoms with Crippen LogP contribution in [-0.2, 0) is 12.0 Å². The van der Waals surface area contributed by atoms with Crippen LogP contribution in [0.25, 0.3) is 0 Å². The van der Waals surface area contributed by atoms with E-state index in [1.54, 1.807) is 0 Å². The van der Waals surface area contributed by atoms with Crippen LogP contribution in [0.1, 0.15) is 39.4 Å². The lowest BCUT2D eigenvalue weighted by atomic mass is 9.96. The van der Waals surface area contributed by atoms with Gasteiger partial charge in [0.2, 0.25) is 5.89 Å². The molecule has 0 spiro atoms. The Labute approximate surface area is 96.5 Å². The van der Waals surface area contributed by atoms with Crippen molar-refractivity contribution in [3.8, 4) is 0 Å². The summed E-state index contributed by atoms with van der Waals surface area (Å²) in [7, 11) is 0. The van der Waals surface area contributed by atoms with E-state index < -0.39 is 0 Å². The van der Waals surface area contributed by atoms with Gasteiger partial charge in [-0.25, -0.2) is 0 Å². The summed E-state index contributed by atoms with van der Waals surface area (Å²) in [4.78, 5) is 6.41. The van der Waals surface area contributed by atoms with Gasteiger partial charge in [0, 0.05) is 12.0 Å². The van der Waals surface area contributed by atoms with E-state index in [4.69, 9.17) is 9.63 Å². The number of aromatic nitrogens is 2. The highest BCUT2D eigenvalue weighted by Gasteiger charge is 2.21. The van der Waals surface area contributed by atoms with Crippen molar-refractivity contribution < 1.29 is 9.63 Å². The number of hydrogen-bond donors (Lipinski definition) is 1. The SMILES string of the molecule is CCN(CCO)Cc1nc(C(C)(C)C)no1. The highest BCUT2D eigenvalue weighted by atomic mass is 16.5. The summed E-state index contributed by atoms with van der Waals surface area (Å²) in [6, 6.07) is 0. The third-order valence-electron chi connectivity index (χ3n) is 2.36. The van der Waals surface area contributed by atoms with Crippen LogP contribution in [0.15, 0.2) is 4.52 Å². The molecule has 16 heavy (non-hydrogen) atoms. The summed E-state index contributed by atoms with van der Waals surface area (Å²) in [6.45, 7) is 10.4. The zero-order chi connectivity index (χ0) is 12.2. The normalized spacial score (nSPS) is 12.4. The van der Waals surface area contributed by atoms with Gasteiger partial charge in [0.15, 0.2) is 5.82 Å². The molecule has 1 heterocycles. The zero-order valence-corrected chi connectivity index (χ0v) is 10.5. The van der Waals surface area contributed by atoms with E-state index in [0.29, 0.717) is 19.0 Å². The number of likely N-dealkylation sites (N-methyl/N-ethyl adjacent to an activating group) is 1. The van der Waals surface area contributed by atoms with E-state index in [-0.39, 0.29) is 12.0 Å². The first-order valence-electron chi connectivity index (χ1n) is 5.63. The van der Waals surface area contributed by atoms with Crippen molar-refractivity contribution in [2.45, 2.75) is 39.7 Å². The fourth-order valence-electron chi connectivity index (χ4n) is 1.31. The minimum absolute atomic E-state index is 0.0875. The second kappa shape index (κ2) is 5.41. The van der Waals surface area contributed by atoms with Gasteiger partial charge in [-0.1, -0.05) is 32.9 Å². The Morgan fingerprint density at radius 3 is 2.50 bits per heavy atom. The van der Waals surface area contributed by atoms with E-state index in [2.05, 4.69) is 15.0 Å². The van der Waals surface area contributed by atoms with Gasteiger partial charge in [-0.3, -0.25) is 4.90 Å². The van der Waals surface area contributed by atoms with Crippen molar-refractivity contribution in [1.29, 1.82) is 0 Å². The molecule has 0 aliphatic rings. The van der Waals surface area contributed by atoms with Gasteiger partial charge in [-0.05, 0) is 6.54 Å². The second-order valence-corrected chi connectivity index (χ2v) is 4.85. The summed E-state index contributed by atoms with van der Waals surface area (Å²) in [5.41, 5.74) is -0.0875. The average Bonchev–Trinajstić information content (AvgIpc) is 2.65. The molecule has 0 saturated carbocycles. The lowest BCUT2D eigenvalue weighted by molar-refractivity contribution is 0.180. The molecule has 5 heteroatoms. The quantitative estimate of drug-likeness (QED) is 0.818. The number of aliphatic hydroxyl groups is 1. The van der Waals surface area contributed by atoms with Crippen molar-refractivity contribution in [2.24, 2.45) is 0 Å². The van der Waals surface area contributed by atoms with Crippen LogP contribution in [0.5, 0.6) is 0 Å². The standard InChI is InChI=1S/C11H21N3O2/c1-5-14(6-7-15)8-9-12-10(13-16-9)11(2,3)4/h15H,5-8H2,1-4H3. The third kappa shape index (κ3) is 3.57. The van der Waals surface area contributed by atoms with E-state index in [9.17, 15) is 0 Å². The van der Waals surface area contributed by atoms with Gasteiger partial charge < -0.3 is 9.63 Å². The van der Waals surface area contributed by atoms with Gasteiger partial charge in [-0.15, -0.1) is 0 Å². The fourth-order valence-corrected chi connectivity index (χ4v) is 1.31. The second-order valence-electron chi connectivity index (χ2n) is 4.85. The molecular weight excluding hydrogens is 206 g/mol. The van der Waals surface area contributed by atoms with Gasteiger partial charge in [-0.2, -0.15) is 4.98 Å². The van der Waals surface area contributed by atoms with E-state index in [1.807, 2.05) is 27.7 Å². The number of hydrogen-bond acceptors (Lipinski definition) is 5. The first kappa shape index (κ1) is 13.1. The van der Waals surface area contributed by atoms with E-state index in [1.165, 1.54) is 0 Å². The molecule has 0 fully saturated rings. The molecule has 1 aromatic rings. The van der Waals surface area contributed by atoms with Crippen LogP contribution >= 0.6 is 0 Å². The van der Waals surface area contributed by atoms with Crippen molar-refractivity contribution in [3.05, 3.63) is 11.7 Å². The Bertz CT molecular complexity index is 317. The molecule has 1 N–H and O–H groups in total. The van der Waals surface area contributed by atoms with Gasteiger partial charge in [0.1, 0.15) is 0 Å². The molecule has 0 unspecified atom stereocenters. The Morgan fingerprint density at radius 2 is 2.06 bits per heavy atom. The average molecular weight is 227 g/mol. The minimum atomic E-state index is -0.0875. The van der Waals surface area contributed by atoms with Gasteiger partial charge >= 0.3 is 0 Å². The molecule has 1 aromatic heterocycles. The van der Waals surface area contributed by atoms with Crippen molar-refractivity contribution in [1.82, 2.24) is 15.0 Å². The summed E-state index contributed by atoms with van der Waals surface area (Å²) in [5.74, 6) is 1.34. The molecule has 0 amide bonds.